The summed E-state index contributed by atoms with van der Waals surface area (Å²) >= 11 is 30.2. The highest BCUT2D eigenvalue weighted by atomic mass is 35.5. The number of carbonyl (C=O) groups is 1. The lowest BCUT2D eigenvalue weighted by atomic mass is 10.3. The summed E-state index contributed by atoms with van der Waals surface area (Å²) in [6.45, 7) is 4.39. The number of furan rings is 1. The summed E-state index contributed by atoms with van der Waals surface area (Å²) in [5, 5.41) is 3.03. The molecule has 11 heteroatoms. The molecule has 1 aromatic carbocycles. The number of ether oxygens (including phenoxy) is 2. The fraction of sp³-hybridized carbons (Fsp3) is 0.389. The number of halogens is 5. The van der Waals surface area contributed by atoms with Gasteiger partial charge in [0.1, 0.15) is 22.4 Å². The maximum atomic E-state index is 12.2. The number of carbonyl (C=O) groups excluding carboxylic acids is 1. The Morgan fingerprint density at radius 2 is 1.62 bits per heavy atom. The quantitative estimate of drug-likeness (QED) is 0.417. The van der Waals surface area contributed by atoms with Crippen LogP contribution in [0.1, 0.15) is 16.3 Å². The lowest BCUT2D eigenvalue weighted by molar-refractivity contribution is 0.0382. The van der Waals surface area contributed by atoms with Gasteiger partial charge in [0.05, 0.1) is 28.3 Å². The zero-order chi connectivity index (χ0) is 21.0. The van der Waals surface area contributed by atoms with Crippen LogP contribution in [0.4, 0.5) is 0 Å². The van der Waals surface area contributed by atoms with E-state index < -0.39 is 0 Å². The van der Waals surface area contributed by atoms with Gasteiger partial charge < -0.3 is 19.2 Å². The number of benzene rings is 1. The lowest BCUT2D eigenvalue weighted by Crippen LogP contribution is -2.41. The van der Waals surface area contributed by atoms with Crippen LogP contribution in [0.3, 0.4) is 0 Å². The average Bonchev–Trinajstić information content (AvgIpc) is 3.21. The van der Waals surface area contributed by atoms with E-state index in [0.717, 1.165) is 19.6 Å². The Morgan fingerprint density at radius 3 is 2.28 bits per heavy atom. The summed E-state index contributed by atoms with van der Waals surface area (Å²) in [5.74, 6) is 0.353. The number of hydrogen-bond acceptors (Lipinski definition) is 5. The Hall–Kier alpha value is -0.860. The van der Waals surface area contributed by atoms with Gasteiger partial charge in [0.2, 0.25) is 0 Å². The van der Waals surface area contributed by atoms with Gasteiger partial charge in [-0.15, -0.1) is 0 Å². The van der Waals surface area contributed by atoms with Crippen molar-refractivity contribution in [3.05, 3.63) is 48.8 Å². The third-order valence-corrected chi connectivity index (χ3v) is 6.47. The molecule has 2 aromatic rings. The summed E-state index contributed by atoms with van der Waals surface area (Å²) < 4.78 is 16.4. The second kappa shape index (κ2) is 10.4. The van der Waals surface area contributed by atoms with Crippen molar-refractivity contribution in [3.63, 3.8) is 0 Å². The molecule has 1 aliphatic heterocycles. The van der Waals surface area contributed by atoms with E-state index in [1.807, 2.05) is 0 Å². The van der Waals surface area contributed by atoms with Crippen LogP contribution < -0.4 is 10.1 Å². The van der Waals surface area contributed by atoms with Crippen LogP contribution in [0.5, 0.6) is 5.75 Å². The van der Waals surface area contributed by atoms with Crippen LogP contribution in [-0.4, -0.2) is 50.2 Å². The molecule has 0 radical (unpaired) electrons. The van der Waals surface area contributed by atoms with E-state index in [-0.39, 0.29) is 49.1 Å². The first-order valence-corrected chi connectivity index (χ1v) is 10.6. The first-order valence-electron chi connectivity index (χ1n) is 8.69. The molecule has 29 heavy (non-hydrogen) atoms. The van der Waals surface area contributed by atoms with Crippen LogP contribution >= 0.6 is 58.0 Å². The summed E-state index contributed by atoms with van der Waals surface area (Å²) in [4.78, 5) is 14.5. The second-order valence-electron chi connectivity index (χ2n) is 6.16. The normalized spacial score (nSPS) is 14.8. The maximum absolute atomic E-state index is 12.2. The van der Waals surface area contributed by atoms with E-state index in [4.69, 9.17) is 71.9 Å². The fourth-order valence-electron chi connectivity index (χ4n) is 2.67. The first kappa shape index (κ1) is 22.8. The van der Waals surface area contributed by atoms with Gasteiger partial charge in [-0.25, -0.2) is 0 Å². The maximum Gasteiger partial charge on any atom is 0.287 e. The Labute approximate surface area is 192 Å². The van der Waals surface area contributed by atoms with Crippen molar-refractivity contribution in [2.45, 2.75) is 6.61 Å². The zero-order valence-electron chi connectivity index (χ0n) is 15.1. The Morgan fingerprint density at radius 1 is 1.00 bits per heavy atom. The Kier molecular flexibility index (Phi) is 8.22. The molecule has 158 valence electrons. The van der Waals surface area contributed by atoms with E-state index >= 15 is 0 Å². The number of amides is 1. The molecule has 1 saturated heterocycles. The molecule has 0 unspecified atom stereocenters. The number of hydrogen-bond donors (Lipinski definition) is 1. The van der Waals surface area contributed by atoms with Gasteiger partial charge in [-0.05, 0) is 12.1 Å². The van der Waals surface area contributed by atoms with Gasteiger partial charge in [-0.2, -0.15) is 0 Å². The molecular formula is C18H17Cl5N2O4. The Bertz CT molecular complexity index is 854. The molecule has 0 aliphatic carbocycles. The lowest BCUT2D eigenvalue weighted by Gasteiger charge is -2.26. The van der Waals surface area contributed by atoms with E-state index in [2.05, 4.69) is 10.2 Å². The molecule has 1 aromatic heterocycles. The van der Waals surface area contributed by atoms with Gasteiger partial charge in [0.15, 0.2) is 11.5 Å². The monoisotopic (exact) mass is 500 g/mol. The average molecular weight is 503 g/mol. The van der Waals surface area contributed by atoms with Crippen molar-refractivity contribution < 1.29 is 18.7 Å². The van der Waals surface area contributed by atoms with Crippen LogP contribution in [0, 0.1) is 0 Å². The largest absolute Gasteiger partial charge is 0.482 e. The minimum absolute atomic E-state index is 0.0329. The predicted molar refractivity (Wildman–Crippen MR) is 114 cm³/mol. The summed E-state index contributed by atoms with van der Waals surface area (Å²) in [6.07, 6.45) is 0. The molecular weight excluding hydrogens is 485 g/mol. The number of nitrogens with zero attached hydrogens (tertiary/aromatic N) is 1. The van der Waals surface area contributed by atoms with Gasteiger partial charge in [0, 0.05) is 26.2 Å². The van der Waals surface area contributed by atoms with Crippen molar-refractivity contribution in [1.82, 2.24) is 10.2 Å². The molecule has 1 fully saturated rings. The SMILES string of the molecule is O=C(NCCN1CCOCC1)c1ccc(COc2c(Cl)c(Cl)c(Cl)c(Cl)c2Cl)o1. The highest BCUT2D eigenvalue weighted by Gasteiger charge is 2.21. The molecule has 3 rings (SSSR count). The highest BCUT2D eigenvalue weighted by molar-refractivity contribution is 6.55. The van der Waals surface area contributed by atoms with Gasteiger partial charge in [-0.3, -0.25) is 9.69 Å². The number of nitrogens with one attached hydrogen (secondary N) is 1. The predicted octanol–water partition coefficient (Wildman–Crippen LogP) is 5.19. The fourth-order valence-corrected chi connectivity index (χ4v) is 3.90. The molecule has 0 saturated carbocycles. The van der Waals surface area contributed by atoms with E-state index in [9.17, 15) is 4.79 Å². The Balaban J connectivity index is 1.54. The topological polar surface area (TPSA) is 63.9 Å². The van der Waals surface area contributed by atoms with Crippen LogP contribution in [0.15, 0.2) is 16.5 Å². The molecule has 0 atom stereocenters. The minimum Gasteiger partial charge on any atom is -0.482 e. The summed E-state index contributed by atoms with van der Waals surface area (Å²) in [5.41, 5.74) is 0. The molecule has 1 amide bonds. The van der Waals surface area contributed by atoms with Gasteiger partial charge in [-0.1, -0.05) is 58.0 Å². The molecule has 2 heterocycles. The van der Waals surface area contributed by atoms with Crippen LogP contribution in [0.2, 0.25) is 25.1 Å². The smallest absolute Gasteiger partial charge is 0.287 e. The van der Waals surface area contributed by atoms with Gasteiger partial charge in [0.25, 0.3) is 5.91 Å². The van der Waals surface area contributed by atoms with Crippen molar-refractivity contribution >= 4 is 63.9 Å². The van der Waals surface area contributed by atoms with E-state index in [0.29, 0.717) is 25.5 Å². The van der Waals surface area contributed by atoms with Crippen LogP contribution in [-0.2, 0) is 11.3 Å². The summed E-state index contributed by atoms with van der Waals surface area (Å²) in [6, 6.07) is 3.19. The summed E-state index contributed by atoms with van der Waals surface area (Å²) in [7, 11) is 0. The third-order valence-electron chi connectivity index (χ3n) is 4.23. The number of rotatable bonds is 7. The van der Waals surface area contributed by atoms with Gasteiger partial charge >= 0.3 is 0 Å². The molecule has 0 spiro atoms. The third kappa shape index (κ3) is 5.64. The van der Waals surface area contributed by atoms with Crippen LogP contribution in [0.25, 0.3) is 0 Å². The van der Waals surface area contributed by atoms with E-state index in [1.54, 1.807) is 12.1 Å². The first-order chi connectivity index (χ1) is 13.9. The standard InChI is InChI=1S/C18H17Cl5N2O4/c19-12-13(20)15(22)17(16(23)14(12)21)28-9-10-1-2-11(29-10)18(26)24-3-4-25-5-7-27-8-6-25/h1-2H,3-9H2,(H,24,26). The van der Waals surface area contributed by atoms with Crippen molar-refractivity contribution in [3.8, 4) is 5.75 Å². The minimum atomic E-state index is -0.307. The second-order valence-corrected chi connectivity index (χ2v) is 8.05. The molecule has 1 aliphatic rings. The molecule has 0 bridgehead atoms. The van der Waals surface area contributed by atoms with Crippen molar-refractivity contribution in [2.24, 2.45) is 0 Å². The zero-order valence-corrected chi connectivity index (χ0v) is 18.9. The highest BCUT2D eigenvalue weighted by Crippen LogP contribution is 2.48. The van der Waals surface area contributed by atoms with E-state index in [1.165, 1.54) is 0 Å². The number of morpholine rings is 1. The molecule has 6 nitrogen and oxygen atoms in total. The van der Waals surface area contributed by atoms with Crippen molar-refractivity contribution in [2.75, 3.05) is 39.4 Å². The molecule has 1 N–H and O–H groups in total. The van der Waals surface area contributed by atoms with Crippen molar-refractivity contribution in [1.29, 1.82) is 0 Å².